The van der Waals surface area contributed by atoms with E-state index in [9.17, 15) is 23.6 Å². The van der Waals surface area contributed by atoms with Gasteiger partial charge in [-0.15, -0.1) is 0 Å². The maximum atomic E-state index is 13.1. The fourth-order valence-corrected chi connectivity index (χ4v) is 2.21. The Bertz CT molecular complexity index is 896. The van der Waals surface area contributed by atoms with E-state index in [4.69, 9.17) is 4.74 Å². The second-order valence-corrected chi connectivity index (χ2v) is 5.95. The van der Waals surface area contributed by atoms with Crippen LogP contribution in [0.2, 0.25) is 0 Å². The first-order valence-corrected chi connectivity index (χ1v) is 8.41. The van der Waals surface area contributed by atoms with E-state index in [1.807, 2.05) is 0 Å². The molecule has 2 amide bonds. The molecule has 0 aliphatic heterocycles. The zero-order valence-electron chi connectivity index (χ0n) is 15.3. The van der Waals surface area contributed by atoms with Crippen molar-refractivity contribution < 1.29 is 28.3 Å². The Morgan fingerprint density at radius 3 is 2.32 bits per heavy atom. The van der Waals surface area contributed by atoms with Gasteiger partial charge in [0, 0.05) is 16.8 Å². The summed E-state index contributed by atoms with van der Waals surface area (Å²) in [6.45, 7) is 2.34. The highest BCUT2D eigenvalue weighted by atomic mass is 19.1. The third kappa shape index (κ3) is 6.01. The number of ether oxygens (including phenoxy) is 1. The van der Waals surface area contributed by atoms with Crippen LogP contribution in [0.25, 0.3) is 0 Å². The lowest BCUT2D eigenvalue weighted by atomic mass is 10.1. The Morgan fingerprint density at radius 1 is 1.04 bits per heavy atom. The molecule has 146 valence electrons. The first-order chi connectivity index (χ1) is 13.3. The first kappa shape index (κ1) is 20.8. The number of hydrogen-bond acceptors (Lipinski definition) is 5. The fourth-order valence-electron chi connectivity index (χ4n) is 2.21. The number of rotatable bonds is 7. The molecule has 2 aromatic carbocycles. The van der Waals surface area contributed by atoms with E-state index >= 15 is 0 Å². The molecular formula is C20H19FN2O5. The van der Waals surface area contributed by atoms with Gasteiger partial charge in [0.25, 0.3) is 11.8 Å². The molecule has 0 bridgehead atoms. The van der Waals surface area contributed by atoms with Crippen molar-refractivity contribution in [2.75, 3.05) is 11.9 Å². The maximum Gasteiger partial charge on any atom is 0.326 e. The van der Waals surface area contributed by atoms with Gasteiger partial charge in [-0.3, -0.25) is 19.2 Å². The molecule has 0 heterocycles. The Kier molecular flexibility index (Phi) is 6.97. The Hall–Kier alpha value is -3.55. The summed E-state index contributed by atoms with van der Waals surface area (Å²) in [5.41, 5.74) is 1.01. The fraction of sp³-hybridized carbons (Fsp3) is 0.200. The topological polar surface area (TPSA) is 102 Å². The summed E-state index contributed by atoms with van der Waals surface area (Å²) in [6.07, 6.45) is -1.11. The minimum atomic E-state index is -1.11. The Balaban J connectivity index is 1.81. The van der Waals surface area contributed by atoms with Crippen molar-refractivity contribution >= 4 is 29.3 Å². The normalized spacial score (nSPS) is 11.2. The van der Waals surface area contributed by atoms with Crippen LogP contribution in [0, 0.1) is 5.82 Å². The molecule has 28 heavy (non-hydrogen) atoms. The lowest BCUT2D eigenvalue weighted by Gasteiger charge is -2.14. The smallest absolute Gasteiger partial charge is 0.326 e. The van der Waals surface area contributed by atoms with Crippen LogP contribution in [-0.4, -0.2) is 36.2 Å². The number of ketones is 1. The molecular weight excluding hydrogens is 367 g/mol. The Morgan fingerprint density at radius 2 is 1.71 bits per heavy atom. The van der Waals surface area contributed by atoms with Gasteiger partial charge in [0.05, 0.1) is 0 Å². The summed E-state index contributed by atoms with van der Waals surface area (Å²) < 4.78 is 18.1. The van der Waals surface area contributed by atoms with Gasteiger partial charge >= 0.3 is 5.97 Å². The molecule has 0 spiro atoms. The van der Waals surface area contributed by atoms with Crippen molar-refractivity contribution in [2.45, 2.75) is 20.0 Å². The number of hydrogen-bond donors (Lipinski definition) is 2. The molecule has 2 N–H and O–H groups in total. The summed E-state index contributed by atoms with van der Waals surface area (Å²) in [5.74, 6) is -2.70. The van der Waals surface area contributed by atoms with Crippen LogP contribution in [0.5, 0.6) is 0 Å². The molecule has 8 heteroatoms. The third-order valence-electron chi connectivity index (χ3n) is 3.72. The van der Waals surface area contributed by atoms with Gasteiger partial charge in [0.1, 0.15) is 12.4 Å². The van der Waals surface area contributed by atoms with E-state index in [-0.39, 0.29) is 11.3 Å². The monoisotopic (exact) mass is 386 g/mol. The summed E-state index contributed by atoms with van der Waals surface area (Å²) in [7, 11) is 0. The summed E-state index contributed by atoms with van der Waals surface area (Å²) >= 11 is 0. The van der Waals surface area contributed by atoms with Gasteiger partial charge < -0.3 is 15.4 Å². The number of benzene rings is 2. The molecule has 2 aromatic rings. The van der Waals surface area contributed by atoms with Gasteiger partial charge in [-0.2, -0.15) is 0 Å². The van der Waals surface area contributed by atoms with Gasteiger partial charge in [-0.05, 0) is 56.3 Å². The summed E-state index contributed by atoms with van der Waals surface area (Å²) in [6, 6.07) is 11.3. The van der Waals surface area contributed by atoms with Gasteiger partial charge in [0.15, 0.2) is 11.9 Å². The van der Waals surface area contributed by atoms with Gasteiger partial charge in [-0.25, -0.2) is 4.39 Å². The van der Waals surface area contributed by atoms with E-state index in [0.29, 0.717) is 11.3 Å². The number of nitrogens with one attached hydrogen (secondary N) is 2. The highest BCUT2D eigenvalue weighted by molar-refractivity contribution is 5.98. The molecule has 1 atom stereocenters. The number of anilines is 1. The highest BCUT2D eigenvalue weighted by Crippen LogP contribution is 2.11. The van der Waals surface area contributed by atoms with Crippen molar-refractivity contribution in [1.82, 2.24) is 5.32 Å². The van der Waals surface area contributed by atoms with Crippen LogP contribution in [-0.2, 0) is 14.3 Å². The van der Waals surface area contributed by atoms with Crippen molar-refractivity contribution in [3.05, 3.63) is 65.5 Å². The van der Waals surface area contributed by atoms with Crippen LogP contribution >= 0.6 is 0 Å². The number of carbonyl (C=O) groups excluding carboxylic acids is 4. The standard InChI is InChI=1S/C20H19FN2O5/c1-12(24)14-6-8-17(9-7-14)23-19(26)13(2)28-18(25)11-22-20(27)15-4-3-5-16(21)10-15/h3-10,13H,11H2,1-2H3,(H,22,27)(H,23,26)/t13-/m0/s1. The first-order valence-electron chi connectivity index (χ1n) is 8.41. The lowest BCUT2D eigenvalue weighted by molar-refractivity contribution is -0.152. The molecule has 0 unspecified atom stereocenters. The third-order valence-corrected chi connectivity index (χ3v) is 3.72. The number of halogens is 1. The zero-order chi connectivity index (χ0) is 20.7. The highest BCUT2D eigenvalue weighted by Gasteiger charge is 2.18. The molecule has 7 nitrogen and oxygen atoms in total. The number of amides is 2. The van der Waals surface area contributed by atoms with E-state index in [1.165, 1.54) is 32.0 Å². The molecule has 2 rings (SSSR count). The van der Waals surface area contributed by atoms with Crippen LogP contribution in [0.4, 0.5) is 10.1 Å². The average Bonchev–Trinajstić information content (AvgIpc) is 2.66. The molecule has 0 saturated carbocycles. The number of carbonyl (C=O) groups is 4. The van der Waals surface area contributed by atoms with Crippen molar-refractivity contribution in [3.63, 3.8) is 0 Å². The molecule has 0 aliphatic carbocycles. The van der Waals surface area contributed by atoms with Gasteiger partial charge in [0.2, 0.25) is 0 Å². The number of esters is 1. The van der Waals surface area contributed by atoms with Crippen molar-refractivity contribution in [1.29, 1.82) is 0 Å². The van der Waals surface area contributed by atoms with E-state index in [1.54, 1.807) is 24.3 Å². The van der Waals surface area contributed by atoms with Crippen LogP contribution < -0.4 is 10.6 Å². The molecule has 0 fully saturated rings. The van der Waals surface area contributed by atoms with Crippen LogP contribution in [0.3, 0.4) is 0 Å². The summed E-state index contributed by atoms with van der Waals surface area (Å²) in [5, 5.41) is 4.85. The van der Waals surface area contributed by atoms with Crippen LogP contribution in [0.1, 0.15) is 34.6 Å². The predicted octanol–water partition coefficient (Wildman–Crippen LogP) is 2.33. The van der Waals surface area contributed by atoms with E-state index < -0.39 is 36.2 Å². The molecule has 0 aromatic heterocycles. The quantitative estimate of drug-likeness (QED) is 0.562. The van der Waals surface area contributed by atoms with Crippen molar-refractivity contribution in [2.24, 2.45) is 0 Å². The van der Waals surface area contributed by atoms with E-state index in [2.05, 4.69) is 10.6 Å². The lowest BCUT2D eigenvalue weighted by Crippen LogP contribution is -2.35. The Labute approximate surface area is 160 Å². The molecule has 0 radical (unpaired) electrons. The van der Waals surface area contributed by atoms with Crippen LogP contribution in [0.15, 0.2) is 48.5 Å². The molecule has 0 aliphatic rings. The van der Waals surface area contributed by atoms with Crippen molar-refractivity contribution in [3.8, 4) is 0 Å². The largest absolute Gasteiger partial charge is 0.451 e. The van der Waals surface area contributed by atoms with Gasteiger partial charge in [-0.1, -0.05) is 6.07 Å². The second kappa shape index (κ2) is 9.40. The minimum absolute atomic E-state index is 0.0626. The maximum absolute atomic E-state index is 13.1. The zero-order valence-corrected chi connectivity index (χ0v) is 15.3. The second-order valence-electron chi connectivity index (χ2n) is 5.95. The molecule has 0 saturated heterocycles. The SMILES string of the molecule is CC(=O)c1ccc(NC(=O)[C@H](C)OC(=O)CNC(=O)c2cccc(F)c2)cc1. The number of Topliss-reactive ketones (excluding diaryl/α,β-unsaturated/α-hetero) is 1. The predicted molar refractivity (Wildman–Crippen MR) is 99.4 cm³/mol. The van der Waals surface area contributed by atoms with E-state index in [0.717, 1.165) is 6.07 Å². The average molecular weight is 386 g/mol. The minimum Gasteiger partial charge on any atom is -0.451 e. The summed E-state index contributed by atoms with van der Waals surface area (Å²) in [4.78, 5) is 47.0.